The molecule has 27 heavy (non-hydrogen) atoms. The number of nitrogens with zero attached hydrogens (tertiary/aromatic N) is 1. The quantitative estimate of drug-likeness (QED) is 0.714. The number of nitrogens with one attached hydrogen (secondary N) is 1. The van der Waals surface area contributed by atoms with Gasteiger partial charge in [0.05, 0.1) is 18.2 Å². The van der Waals surface area contributed by atoms with Gasteiger partial charge in [-0.1, -0.05) is 18.5 Å². The second-order valence-corrected chi connectivity index (χ2v) is 8.75. The lowest BCUT2D eigenvalue weighted by atomic mass is 9.60. The van der Waals surface area contributed by atoms with Gasteiger partial charge in [0, 0.05) is 22.2 Å². The van der Waals surface area contributed by atoms with E-state index in [1.807, 2.05) is 19.9 Å². The zero-order chi connectivity index (χ0) is 19.6. The summed E-state index contributed by atoms with van der Waals surface area (Å²) < 4.78 is 20.4. The van der Waals surface area contributed by atoms with Crippen LogP contribution in [0.3, 0.4) is 0 Å². The van der Waals surface area contributed by atoms with Gasteiger partial charge in [0.1, 0.15) is 11.0 Å². The third-order valence-electron chi connectivity index (χ3n) is 6.62. The number of anilines is 1. The van der Waals surface area contributed by atoms with Crippen LogP contribution in [0.4, 0.5) is 10.1 Å². The number of aromatic nitrogens is 1. The number of hydrogen-bond acceptors (Lipinski definition) is 4. The minimum absolute atomic E-state index is 0.275. The molecule has 2 heterocycles. The highest BCUT2D eigenvalue weighted by atomic mass is 35.5. The van der Waals surface area contributed by atoms with Gasteiger partial charge in [-0.3, -0.25) is 0 Å². The Labute approximate surface area is 163 Å². The van der Waals surface area contributed by atoms with E-state index in [4.69, 9.17) is 16.3 Å². The van der Waals surface area contributed by atoms with E-state index >= 15 is 4.39 Å². The average molecular weight is 391 g/mol. The van der Waals surface area contributed by atoms with Crippen LogP contribution in [0.15, 0.2) is 24.3 Å². The van der Waals surface area contributed by atoms with E-state index in [-0.39, 0.29) is 16.9 Å². The summed E-state index contributed by atoms with van der Waals surface area (Å²) in [4.78, 5) is 4.15. The Kier molecular flexibility index (Phi) is 3.99. The van der Waals surface area contributed by atoms with Gasteiger partial charge < -0.3 is 15.2 Å². The van der Waals surface area contributed by atoms with E-state index in [0.717, 1.165) is 24.1 Å². The molecule has 2 unspecified atom stereocenters. The molecule has 0 spiro atoms. The van der Waals surface area contributed by atoms with Gasteiger partial charge in [-0.05, 0) is 62.9 Å². The molecule has 0 bridgehead atoms. The van der Waals surface area contributed by atoms with Crippen LogP contribution in [0.1, 0.15) is 45.6 Å². The van der Waals surface area contributed by atoms with Gasteiger partial charge in [-0.25, -0.2) is 9.37 Å². The third kappa shape index (κ3) is 2.41. The number of benzene rings is 1. The molecule has 144 valence electrons. The zero-order valence-corrected chi connectivity index (χ0v) is 16.7. The molecule has 6 heteroatoms. The number of rotatable bonds is 2. The maximum absolute atomic E-state index is 15.1. The molecule has 1 aliphatic carbocycles. The second-order valence-electron chi connectivity index (χ2n) is 8.36. The van der Waals surface area contributed by atoms with Crippen LogP contribution in [0.2, 0.25) is 5.15 Å². The van der Waals surface area contributed by atoms with E-state index in [1.165, 1.54) is 13.2 Å². The minimum atomic E-state index is -0.912. The maximum atomic E-state index is 15.1. The number of methoxy groups -OCH3 is 1. The first kappa shape index (κ1) is 18.5. The Hall–Kier alpha value is -1.85. The van der Waals surface area contributed by atoms with Crippen molar-refractivity contribution in [1.82, 2.24) is 4.98 Å². The summed E-state index contributed by atoms with van der Waals surface area (Å²) in [6.07, 6.45) is 2.49. The highest BCUT2D eigenvalue weighted by Crippen LogP contribution is 2.59. The molecule has 0 saturated heterocycles. The summed E-state index contributed by atoms with van der Waals surface area (Å²) in [6.45, 7) is 6.05. The molecule has 1 aromatic carbocycles. The average Bonchev–Trinajstić information content (AvgIpc) is 2.92. The molecule has 1 aliphatic heterocycles. The SMILES string of the molecule is COc1nc(Cl)ccc1-c1cc2c(cc1F)NC(C)(C)C1(O)CCCC21C. The summed E-state index contributed by atoms with van der Waals surface area (Å²) in [7, 11) is 1.49. The number of hydrogen-bond donors (Lipinski definition) is 2. The molecule has 1 aromatic heterocycles. The predicted molar refractivity (Wildman–Crippen MR) is 105 cm³/mol. The topological polar surface area (TPSA) is 54.4 Å². The maximum Gasteiger partial charge on any atom is 0.222 e. The summed E-state index contributed by atoms with van der Waals surface area (Å²) in [5.74, 6) is -0.0937. The Morgan fingerprint density at radius 1 is 1.19 bits per heavy atom. The molecule has 4 nitrogen and oxygen atoms in total. The van der Waals surface area contributed by atoms with Gasteiger partial charge >= 0.3 is 0 Å². The molecular weight excluding hydrogens is 367 g/mol. The molecule has 2 aromatic rings. The highest BCUT2D eigenvalue weighted by Gasteiger charge is 2.62. The first-order valence-electron chi connectivity index (χ1n) is 9.18. The number of fused-ring (bicyclic) bond motifs is 3. The fourth-order valence-corrected chi connectivity index (χ4v) is 5.24. The molecule has 2 N–H and O–H groups in total. The van der Waals surface area contributed by atoms with E-state index in [0.29, 0.717) is 17.5 Å². The van der Waals surface area contributed by atoms with E-state index in [1.54, 1.807) is 12.1 Å². The lowest BCUT2D eigenvalue weighted by Crippen LogP contribution is -2.65. The summed E-state index contributed by atoms with van der Waals surface area (Å²) in [6, 6.07) is 6.68. The van der Waals surface area contributed by atoms with Crippen LogP contribution in [0.5, 0.6) is 5.88 Å². The highest BCUT2D eigenvalue weighted by molar-refractivity contribution is 6.29. The number of pyridine rings is 1. The molecule has 2 atom stereocenters. The Morgan fingerprint density at radius 2 is 1.93 bits per heavy atom. The van der Waals surface area contributed by atoms with E-state index < -0.39 is 16.6 Å². The van der Waals surface area contributed by atoms with E-state index in [2.05, 4.69) is 17.2 Å². The molecular formula is C21H24ClFN2O2. The predicted octanol–water partition coefficient (Wildman–Crippen LogP) is 4.93. The zero-order valence-electron chi connectivity index (χ0n) is 16.0. The third-order valence-corrected chi connectivity index (χ3v) is 6.83. The van der Waals surface area contributed by atoms with Gasteiger partial charge in [0.2, 0.25) is 5.88 Å². The first-order chi connectivity index (χ1) is 12.6. The number of aliphatic hydroxyl groups is 1. The normalized spacial score (nSPS) is 28.3. The van der Waals surface area contributed by atoms with Gasteiger partial charge in [0.25, 0.3) is 0 Å². The lowest BCUT2D eigenvalue weighted by Gasteiger charge is -2.55. The van der Waals surface area contributed by atoms with Crippen molar-refractivity contribution < 1.29 is 14.2 Å². The molecule has 4 rings (SSSR count). The van der Waals surface area contributed by atoms with Crippen molar-refractivity contribution in [3.63, 3.8) is 0 Å². The number of ether oxygens (including phenoxy) is 1. The van der Waals surface area contributed by atoms with Crippen LogP contribution in [-0.2, 0) is 5.41 Å². The lowest BCUT2D eigenvalue weighted by molar-refractivity contribution is -0.0628. The monoisotopic (exact) mass is 390 g/mol. The fraction of sp³-hybridized carbons (Fsp3) is 0.476. The minimum Gasteiger partial charge on any atom is -0.481 e. The van der Waals surface area contributed by atoms with Gasteiger partial charge in [-0.2, -0.15) is 0 Å². The van der Waals surface area contributed by atoms with Crippen molar-refractivity contribution in [2.24, 2.45) is 0 Å². The van der Waals surface area contributed by atoms with Crippen LogP contribution in [0, 0.1) is 5.82 Å². The summed E-state index contributed by atoms with van der Waals surface area (Å²) in [5.41, 5.74) is 0.658. The summed E-state index contributed by atoms with van der Waals surface area (Å²) >= 11 is 5.96. The van der Waals surface area contributed by atoms with Crippen molar-refractivity contribution in [2.75, 3.05) is 12.4 Å². The summed E-state index contributed by atoms with van der Waals surface area (Å²) in [5, 5.41) is 15.3. The molecule has 0 radical (unpaired) electrons. The van der Waals surface area contributed by atoms with Crippen LogP contribution in [-0.4, -0.2) is 28.3 Å². The second kappa shape index (κ2) is 5.82. The van der Waals surface area contributed by atoms with Crippen LogP contribution < -0.4 is 10.1 Å². The fourth-order valence-electron chi connectivity index (χ4n) is 5.10. The van der Waals surface area contributed by atoms with Crippen molar-refractivity contribution >= 4 is 17.3 Å². The van der Waals surface area contributed by atoms with E-state index in [9.17, 15) is 5.11 Å². The molecule has 2 aliphatic rings. The van der Waals surface area contributed by atoms with Crippen molar-refractivity contribution in [3.05, 3.63) is 40.8 Å². The van der Waals surface area contributed by atoms with Crippen LogP contribution >= 0.6 is 11.6 Å². The van der Waals surface area contributed by atoms with Crippen LogP contribution in [0.25, 0.3) is 11.1 Å². The first-order valence-corrected chi connectivity index (χ1v) is 9.56. The Bertz CT molecular complexity index is 933. The molecule has 0 amide bonds. The van der Waals surface area contributed by atoms with Crippen molar-refractivity contribution in [1.29, 1.82) is 0 Å². The molecule has 1 saturated carbocycles. The van der Waals surface area contributed by atoms with Gasteiger partial charge in [-0.15, -0.1) is 0 Å². The Morgan fingerprint density at radius 3 is 2.63 bits per heavy atom. The standard InChI is InChI=1S/C21H24ClFN2O2/c1-19(2)21(26)9-5-8-20(21,3)14-10-13(15(23)11-16(14)25-19)12-6-7-17(22)24-18(12)27-4/h6-7,10-11,25-26H,5,8-9H2,1-4H3. The van der Waals surface area contributed by atoms with Crippen molar-refractivity contribution in [3.8, 4) is 17.0 Å². The smallest absolute Gasteiger partial charge is 0.222 e. The largest absolute Gasteiger partial charge is 0.481 e. The Balaban J connectivity index is 1.96. The van der Waals surface area contributed by atoms with Crippen molar-refractivity contribution in [2.45, 2.75) is 56.6 Å². The van der Waals surface area contributed by atoms with Gasteiger partial charge in [0.15, 0.2) is 0 Å². The number of halogens is 2. The molecule has 1 fully saturated rings.